The predicted molar refractivity (Wildman–Crippen MR) is 54.2 cm³/mol. The third kappa shape index (κ3) is 1.67. The van der Waals surface area contributed by atoms with Crippen molar-refractivity contribution in [1.82, 2.24) is 4.98 Å². The highest BCUT2D eigenvalue weighted by molar-refractivity contribution is 5.63. The topological polar surface area (TPSA) is 63.4 Å². The lowest BCUT2D eigenvalue weighted by Crippen LogP contribution is -1.79. The van der Waals surface area contributed by atoms with E-state index >= 15 is 0 Å². The van der Waals surface area contributed by atoms with E-state index in [0.29, 0.717) is 0 Å². The number of nitrogens with one attached hydrogen (secondary N) is 1. The van der Waals surface area contributed by atoms with E-state index in [0.717, 1.165) is 17.0 Å². The van der Waals surface area contributed by atoms with E-state index in [1.165, 1.54) is 5.56 Å². The third-order valence-corrected chi connectivity index (χ3v) is 2.38. The second-order valence-corrected chi connectivity index (χ2v) is 3.20. The summed E-state index contributed by atoms with van der Waals surface area (Å²) in [5, 5.41) is 17.2. The zero-order valence-electron chi connectivity index (χ0n) is 8.47. The van der Waals surface area contributed by atoms with Crippen LogP contribution in [0.25, 0.3) is 6.08 Å². The van der Waals surface area contributed by atoms with Crippen molar-refractivity contribution in [3.05, 3.63) is 28.1 Å². The lowest BCUT2D eigenvalue weighted by Gasteiger charge is -1.91. The molecule has 0 saturated carbocycles. The monoisotopic (exact) mass is 185 g/mol. The highest BCUT2D eigenvalue weighted by Gasteiger charge is 2.05. The van der Waals surface area contributed by atoms with Crippen LogP contribution in [0.15, 0.2) is 5.57 Å². The second-order valence-electron chi connectivity index (χ2n) is 3.20. The largest absolute Gasteiger partial charge is 0.359 e. The summed E-state index contributed by atoms with van der Waals surface area (Å²) in [4.78, 5) is 3.13. The Morgan fingerprint density at radius 3 is 2.07 bits per heavy atom. The molecule has 0 aromatic carbocycles. The summed E-state index contributed by atoms with van der Waals surface area (Å²) in [7, 11) is 0. The number of rotatable bonds is 1. The van der Waals surface area contributed by atoms with Crippen LogP contribution < -0.4 is 0 Å². The van der Waals surface area contributed by atoms with E-state index in [-0.39, 0.29) is 5.57 Å². The van der Waals surface area contributed by atoms with Gasteiger partial charge in [0.2, 0.25) is 0 Å². The molecule has 0 radical (unpaired) electrons. The van der Waals surface area contributed by atoms with Gasteiger partial charge in [-0.2, -0.15) is 10.5 Å². The number of aromatic amines is 1. The van der Waals surface area contributed by atoms with Gasteiger partial charge in [-0.3, -0.25) is 0 Å². The molecule has 1 N–H and O–H groups in total. The van der Waals surface area contributed by atoms with Crippen molar-refractivity contribution in [3.63, 3.8) is 0 Å². The molecule has 0 unspecified atom stereocenters. The summed E-state index contributed by atoms with van der Waals surface area (Å²) in [6.07, 6.45) is 1.58. The lowest BCUT2D eigenvalue weighted by molar-refractivity contribution is 1.22. The number of nitriles is 2. The summed E-state index contributed by atoms with van der Waals surface area (Å²) >= 11 is 0. The minimum atomic E-state index is 0.120. The van der Waals surface area contributed by atoms with Crippen LogP contribution in [0.3, 0.4) is 0 Å². The van der Waals surface area contributed by atoms with Gasteiger partial charge >= 0.3 is 0 Å². The van der Waals surface area contributed by atoms with Gasteiger partial charge in [0.05, 0.1) is 0 Å². The van der Waals surface area contributed by atoms with Crippen LogP contribution >= 0.6 is 0 Å². The summed E-state index contributed by atoms with van der Waals surface area (Å²) < 4.78 is 0. The van der Waals surface area contributed by atoms with Crippen LogP contribution in [-0.4, -0.2) is 4.98 Å². The first-order valence-electron chi connectivity index (χ1n) is 4.27. The summed E-state index contributed by atoms with van der Waals surface area (Å²) in [6.45, 7) is 5.95. The molecular weight excluding hydrogens is 174 g/mol. The first-order chi connectivity index (χ1) is 6.60. The highest BCUT2D eigenvalue weighted by Crippen LogP contribution is 2.18. The molecule has 70 valence electrons. The van der Waals surface area contributed by atoms with Crippen molar-refractivity contribution in [2.45, 2.75) is 20.8 Å². The molecule has 3 heteroatoms. The summed E-state index contributed by atoms with van der Waals surface area (Å²) in [6, 6.07) is 3.67. The van der Waals surface area contributed by atoms with E-state index in [9.17, 15) is 0 Å². The summed E-state index contributed by atoms with van der Waals surface area (Å²) in [5.41, 5.74) is 4.30. The van der Waals surface area contributed by atoms with Crippen LogP contribution in [-0.2, 0) is 0 Å². The Morgan fingerprint density at radius 1 is 1.14 bits per heavy atom. The van der Waals surface area contributed by atoms with E-state index in [2.05, 4.69) is 4.98 Å². The Balaban J connectivity index is 3.25. The number of aryl methyl sites for hydroxylation is 1. The maximum absolute atomic E-state index is 8.60. The van der Waals surface area contributed by atoms with Gasteiger partial charge in [-0.1, -0.05) is 0 Å². The quantitative estimate of drug-likeness (QED) is 0.682. The SMILES string of the molecule is Cc1[nH]c(C=C(C#N)C#N)c(C)c1C. The van der Waals surface area contributed by atoms with Crippen LogP contribution in [0, 0.1) is 43.4 Å². The Bertz CT molecular complexity index is 448. The van der Waals surface area contributed by atoms with Crippen molar-refractivity contribution >= 4 is 6.08 Å². The van der Waals surface area contributed by atoms with Crippen LogP contribution in [0.1, 0.15) is 22.5 Å². The average molecular weight is 185 g/mol. The van der Waals surface area contributed by atoms with Crippen molar-refractivity contribution in [1.29, 1.82) is 10.5 Å². The normalized spacial score (nSPS) is 8.93. The van der Waals surface area contributed by atoms with Crippen LogP contribution in [0.4, 0.5) is 0 Å². The molecule has 1 aromatic rings. The fraction of sp³-hybridized carbons (Fsp3) is 0.273. The van der Waals surface area contributed by atoms with Crippen molar-refractivity contribution in [2.24, 2.45) is 0 Å². The van der Waals surface area contributed by atoms with Crippen molar-refractivity contribution in [2.75, 3.05) is 0 Å². The van der Waals surface area contributed by atoms with E-state index < -0.39 is 0 Å². The van der Waals surface area contributed by atoms with E-state index in [4.69, 9.17) is 10.5 Å². The molecule has 0 amide bonds. The maximum atomic E-state index is 8.60. The van der Waals surface area contributed by atoms with E-state index in [1.54, 1.807) is 6.08 Å². The average Bonchev–Trinajstić information content (AvgIpc) is 2.42. The molecule has 0 aliphatic carbocycles. The lowest BCUT2D eigenvalue weighted by atomic mass is 10.1. The smallest absolute Gasteiger partial charge is 0.131 e. The Labute approximate surface area is 83.3 Å². The van der Waals surface area contributed by atoms with Gasteiger partial charge < -0.3 is 4.98 Å². The Morgan fingerprint density at radius 2 is 1.71 bits per heavy atom. The summed E-state index contributed by atoms with van der Waals surface area (Å²) in [5.74, 6) is 0. The minimum Gasteiger partial charge on any atom is -0.359 e. The molecule has 1 heterocycles. The van der Waals surface area contributed by atoms with Gasteiger partial charge in [0.25, 0.3) is 0 Å². The van der Waals surface area contributed by atoms with Gasteiger partial charge in [0.1, 0.15) is 17.7 Å². The molecule has 0 aliphatic heterocycles. The van der Waals surface area contributed by atoms with E-state index in [1.807, 2.05) is 32.9 Å². The van der Waals surface area contributed by atoms with Crippen molar-refractivity contribution in [3.8, 4) is 12.1 Å². The number of nitrogens with zero attached hydrogens (tertiary/aromatic N) is 2. The van der Waals surface area contributed by atoms with Gasteiger partial charge in [-0.25, -0.2) is 0 Å². The fourth-order valence-corrected chi connectivity index (χ4v) is 1.25. The molecule has 1 aromatic heterocycles. The Kier molecular flexibility index (Phi) is 2.74. The molecule has 14 heavy (non-hydrogen) atoms. The van der Waals surface area contributed by atoms with Gasteiger partial charge in [-0.05, 0) is 38.0 Å². The number of hydrogen-bond acceptors (Lipinski definition) is 2. The first-order valence-corrected chi connectivity index (χ1v) is 4.27. The third-order valence-electron chi connectivity index (χ3n) is 2.38. The zero-order chi connectivity index (χ0) is 10.7. The first kappa shape index (κ1) is 10.1. The maximum Gasteiger partial charge on any atom is 0.131 e. The van der Waals surface area contributed by atoms with Crippen molar-refractivity contribution < 1.29 is 0 Å². The Hall–Kier alpha value is -2.00. The standard InChI is InChI=1S/C11H11N3/c1-7-8(2)11(14-9(7)3)4-10(5-12)6-13/h4,14H,1-3H3. The molecule has 3 nitrogen and oxygen atoms in total. The molecule has 0 spiro atoms. The highest BCUT2D eigenvalue weighted by atomic mass is 14.7. The predicted octanol–water partition coefficient (Wildman–Crippen LogP) is 2.37. The molecule has 0 saturated heterocycles. The molecular formula is C11H11N3. The van der Waals surface area contributed by atoms with Gasteiger partial charge in [0, 0.05) is 11.4 Å². The molecule has 0 fully saturated rings. The minimum absolute atomic E-state index is 0.120. The van der Waals surface area contributed by atoms with Gasteiger partial charge in [0.15, 0.2) is 0 Å². The fourth-order valence-electron chi connectivity index (χ4n) is 1.25. The number of H-pyrrole nitrogens is 1. The number of aromatic nitrogens is 1. The molecule has 0 aliphatic rings. The molecule has 0 bridgehead atoms. The van der Waals surface area contributed by atoms with Gasteiger partial charge in [-0.15, -0.1) is 0 Å². The zero-order valence-corrected chi connectivity index (χ0v) is 8.47. The second kappa shape index (κ2) is 3.81. The number of allylic oxidation sites excluding steroid dienone is 1. The van der Waals surface area contributed by atoms with Crippen LogP contribution in [0.2, 0.25) is 0 Å². The van der Waals surface area contributed by atoms with Crippen LogP contribution in [0.5, 0.6) is 0 Å². The molecule has 0 atom stereocenters. The molecule has 1 rings (SSSR count). The number of hydrogen-bond donors (Lipinski definition) is 1.